The number of aryl methyl sites for hydroxylation is 3. The first-order chi connectivity index (χ1) is 9.95. The van der Waals surface area contributed by atoms with E-state index < -0.39 is 0 Å². The summed E-state index contributed by atoms with van der Waals surface area (Å²) in [6.07, 6.45) is 7.01. The fourth-order valence-corrected chi connectivity index (χ4v) is 2.53. The molecular formula is C13H14N6OS. The van der Waals surface area contributed by atoms with Crippen LogP contribution >= 0.6 is 12.2 Å². The Balaban J connectivity index is 1.96. The lowest BCUT2D eigenvalue weighted by atomic mass is 10.2. The van der Waals surface area contributed by atoms with Crippen LogP contribution < -0.4 is 10.2 Å². The maximum absolute atomic E-state index is 12.5. The van der Waals surface area contributed by atoms with Crippen molar-refractivity contribution in [2.45, 2.75) is 6.92 Å². The zero-order valence-corrected chi connectivity index (χ0v) is 12.7. The largest absolute Gasteiger partial charge is 0.327 e. The summed E-state index contributed by atoms with van der Waals surface area (Å²) in [6.45, 7) is 1.84. The van der Waals surface area contributed by atoms with E-state index in [1.807, 2.05) is 20.2 Å². The van der Waals surface area contributed by atoms with Gasteiger partial charge in [-0.25, -0.2) is 4.90 Å². The van der Waals surface area contributed by atoms with E-state index in [0.717, 1.165) is 11.3 Å². The normalized spacial score (nSPS) is 16.9. The molecule has 1 saturated heterocycles. The number of aromatic nitrogens is 4. The van der Waals surface area contributed by atoms with Crippen LogP contribution in [-0.4, -0.2) is 30.6 Å². The molecule has 1 aliphatic rings. The van der Waals surface area contributed by atoms with Gasteiger partial charge in [0.05, 0.1) is 17.6 Å². The molecule has 8 heteroatoms. The van der Waals surface area contributed by atoms with Gasteiger partial charge >= 0.3 is 0 Å². The van der Waals surface area contributed by atoms with Gasteiger partial charge in [-0.15, -0.1) is 0 Å². The van der Waals surface area contributed by atoms with Crippen LogP contribution in [0.4, 0.5) is 5.69 Å². The summed E-state index contributed by atoms with van der Waals surface area (Å²) in [7, 11) is 3.63. The number of thiocarbonyl (C=S) groups is 1. The Bertz CT molecular complexity index is 771. The van der Waals surface area contributed by atoms with E-state index >= 15 is 0 Å². The van der Waals surface area contributed by atoms with Gasteiger partial charge in [0.1, 0.15) is 5.70 Å². The number of carbonyl (C=O) groups is 1. The third-order valence-electron chi connectivity index (χ3n) is 3.14. The fourth-order valence-electron chi connectivity index (χ4n) is 2.24. The maximum Gasteiger partial charge on any atom is 0.281 e. The molecule has 0 unspecified atom stereocenters. The van der Waals surface area contributed by atoms with Crippen LogP contribution in [0.2, 0.25) is 0 Å². The van der Waals surface area contributed by atoms with Gasteiger partial charge in [-0.2, -0.15) is 10.2 Å². The molecule has 3 heterocycles. The van der Waals surface area contributed by atoms with E-state index in [-0.39, 0.29) is 5.91 Å². The van der Waals surface area contributed by atoms with Crippen molar-refractivity contribution in [1.82, 2.24) is 24.9 Å². The van der Waals surface area contributed by atoms with Crippen LogP contribution in [0.15, 0.2) is 24.3 Å². The number of nitrogens with zero attached hydrogens (tertiary/aromatic N) is 5. The molecule has 0 aliphatic carbocycles. The molecule has 2 aromatic rings. The molecular weight excluding hydrogens is 288 g/mol. The number of nitrogens with one attached hydrogen (secondary N) is 1. The van der Waals surface area contributed by atoms with Crippen LogP contribution in [0.1, 0.15) is 11.3 Å². The number of anilines is 1. The first-order valence-corrected chi connectivity index (χ1v) is 6.72. The second-order valence-corrected chi connectivity index (χ2v) is 5.24. The zero-order valence-electron chi connectivity index (χ0n) is 11.9. The Morgan fingerprint density at radius 2 is 2.05 bits per heavy atom. The molecule has 1 fully saturated rings. The lowest BCUT2D eigenvalue weighted by Crippen LogP contribution is -2.30. The predicted octanol–water partition coefficient (Wildman–Crippen LogP) is 0.724. The Kier molecular flexibility index (Phi) is 3.09. The van der Waals surface area contributed by atoms with Crippen molar-refractivity contribution in [2.75, 3.05) is 4.90 Å². The van der Waals surface area contributed by atoms with Gasteiger partial charge in [0.2, 0.25) is 0 Å². The quantitative estimate of drug-likeness (QED) is 0.654. The monoisotopic (exact) mass is 302 g/mol. The van der Waals surface area contributed by atoms with Gasteiger partial charge in [-0.1, -0.05) is 0 Å². The zero-order chi connectivity index (χ0) is 15.1. The van der Waals surface area contributed by atoms with Crippen molar-refractivity contribution in [2.24, 2.45) is 14.1 Å². The SMILES string of the molecule is Cc1nn(C)cc1N1C(=O)/C(=C/c2cnn(C)c2)NC1=S. The summed E-state index contributed by atoms with van der Waals surface area (Å²) in [5, 5.41) is 11.6. The molecule has 1 aliphatic heterocycles. The minimum absolute atomic E-state index is 0.194. The van der Waals surface area contributed by atoms with Crippen LogP contribution in [0.3, 0.4) is 0 Å². The van der Waals surface area contributed by atoms with Gasteiger partial charge in [-0.3, -0.25) is 14.2 Å². The molecule has 0 spiro atoms. The molecule has 1 amide bonds. The summed E-state index contributed by atoms with van der Waals surface area (Å²) in [4.78, 5) is 14.0. The van der Waals surface area contributed by atoms with E-state index in [2.05, 4.69) is 15.5 Å². The van der Waals surface area contributed by atoms with Crippen molar-refractivity contribution >= 4 is 35.0 Å². The average molecular weight is 302 g/mol. The second-order valence-electron chi connectivity index (χ2n) is 4.85. The molecule has 2 aromatic heterocycles. The third kappa shape index (κ3) is 2.33. The maximum atomic E-state index is 12.5. The topological polar surface area (TPSA) is 68.0 Å². The molecule has 108 valence electrons. The highest BCUT2D eigenvalue weighted by Crippen LogP contribution is 2.24. The second kappa shape index (κ2) is 4.81. The highest BCUT2D eigenvalue weighted by Gasteiger charge is 2.33. The fraction of sp³-hybridized carbons (Fsp3) is 0.231. The summed E-state index contributed by atoms with van der Waals surface area (Å²) < 4.78 is 3.33. The van der Waals surface area contributed by atoms with Gasteiger partial charge in [0.15, 0.2) is 5.11 Å². The standard InChI is InChI=1S/C13H14N6OS/c1-8-11(7-18(3)16-8)19-12(20)10(15-13(19)21)4-9-5-14-17(2)6-9/h4-7H,1-3H3,(H,15,21)/b10-4-. The molecule has 0 saturated carbocycles. The van der Waals surface area contributed by atoms with Crippen molar-refractivity contribution in [3.63, 3.8) is 0 Å². The van der Waals surface area contributed by atoms with Crippen LogP contribution in [0.25, 0.3) is 6.08 Å². The molecule has 1 N–H and O–H groups in total. The van der Waals surface area contributed by atoms with E-state index in [0.29, 0.717) is 16.5 Å². The van der Waals surface area contributed by atoms with E-state index in [1.165, 1.54) is 4.90 Å². The minimum Gasteiger partial charge on any atom is -0.327 e. The summed E-state index contributed by atoms with van der Waals surface area (Å²) in [5.41, 5.74) is 2.70. The van der Waals surface area contributed by atoms with E-state index in [4.69, 9.17) is 12.2 Å². The van der Waals surface area contributed by atoms with Crippen LogP contribution in [-0.2, 0) is 18.9 Å². The van der Waals surface area contributed by atoms with Crippen molar-refractivity contribution in [3.8, 4) is 0 Å². The predicted molar refractivity (Wildman–Crippen MR) is 82.3 cm³/mol. The van der Waals surface area contributed by atoms with E-state index in [1.54, 1.807) is 34.9 Å². The van der Waals surface area contributed by atoms with Crippen molar-refractivity contribution in [3.05, 3.63) is 35.5 Å². The number of rotatable bonds is 2. The molecule has 21 heavy (non-hydrogen) atoms. The lowest BCUT2D eigenvalue weighted by molar-refractivity contribution is -0.113. The first kappa shape index (κ1) is 13.5. The van der Waals surface area contributed by atoms with Gasteiger partial charge in [-0.05, 0) is 25.2 Å². The number of amides is 1. The molecule has 0 atom stereocenters. The summed E-state index contributed by atoms with van der Waals surface area (Å²) in [6, 6.07) is 0. The minimum atomic E-state index is -0.194. The average Bonchev–Trinajstić information content (AvgIpc) is 3.02. The van der Waals surface area contributed by atoms with Gasteiger partial charge in [0, 0.05) is 32.1 Å². The third-order valence-corrected chi connectivity index (χ3v) is 3.43. The van der Waals surface area contributed by atoms with Gasteiger partial charge < -0.3 is 5.32 Å². The number of hydrogen-bond donors (Lipinski definition) is 1. The highest BCUT2D eigenvalue weighted by molar-refractivity contribution is 7.80. The van der Waals surface area contributed by atoms with E-state index in [9.17, 15) is 4.79 Å². The smallest absolute Gasteiger partial charge is 0.281 e. The molecule has 7 nitrogen and oxygen atoms in total. The number of carbonyl (C=O) groups excluding carboxylic acids is 1. The van der Waals surface area contributed by atoms with Crippen molar-refractivity contribution < 1.29 is 4.79 Å². The number of hydrogen-bond acceptors (Lipinski definition) is 4. The summed E-state index contributed by atoms with van der Waals surface area (Å²) in [5.74, 6) is -0.194. The lowest BCUT2D eigenvalue weighted by Gasteiger charge is -2.11. The Morgan fingerprint density at radius 1 is 1.29 bits per heavy atom. The van der Waals surface area contributed by atoms with Gasteiger partial charge in [0.25, 0.3) is 5.91 Å². The van der Waals surface area contributed by atoms with Crippen molar-refractivity contribution in [1.29, 1.82) is 0 Å². The molecule has 0 radical (unpaired) electrons. The Morgan fingerprint density at radius 3 is 2.62 bits per heavy atom. The van der Waals surface area contributed by atoms with Crippen LogP contribution in [0, 0.1) is 6.92 Å². The first-order valence-electron chi connectivity index (χ1n) is 6.32. The van der Waals surface area contributed by atoms with Crippen LogP contribution in [0.5, 0.6) is 0 Å². The Hall–Kier alpha value is -2.48. The molecule has 3 rings (SSSR count). The Labute approximate surface area is 126 Å². The molecule has 0 bridgehead atoms. The highest BCUT2D eigenvalue weighted by atomic mass is 32.1. The summed E-state index contributed by atoms with van der Waals surface area (Å²) >= 11 is 5.26. The molecule has 0 aromatic carbocycles.